The van der Waals surface area contributed by atoms with Gasteiger partial charge in [-0.25, -0.2) is 4.79 Å². The molecule has 0 aromatic heterocycles. The van der Waals surface area contributed by atoms with Crippen LogP contribution in [0.5, 0.6) is 0 Å². The van der Waals surface area contributed by atoms with E-state index >= 15 is 0 Å². The molecule has 41 heavy (non-hydrogen) atoms. The maximum absolute atomic E-state index is 12.8. The minimum Gasteiger partial charge on any atom is -0.446 e. The molecular formula is C32H39N5O4. The Balaban J connectivity index is 1.19. The van der Waals surface area contributed by atoms with Crippen LogP contribution in [-0.2, 0) is 9.53 Å². The zero-order valence-electron chi connectivity index (χ0n) is 23.7. The van der Waals surface area contributed by atoms with Gasteiger partial charge >= 0.3 is 6.09 Å². The van der Waals surface area contributed by atoms with Crippen molar-refractivity contribution in [1.82, 2.24) is 15.5 Å². The number of hydrogen-bond donors (Lipinski definition) is 4. The summed E-state index contributed by atoms with van der Waals surface area (Å²) in [4.78, 5) is 39.9. The van der Waals surface area contributed by atoms with Gasteiger partial charge in [0.1, 0.15) is 6.10 Å². The zero-order valence-corrected chi connectivity index (χ0v) is 23.7. The summed E-state index contributed by atoms with van der Waals surface area (Å²) in [5, 5.41) is 11.7. The molecule has 216 valence electrons. The number of benzene rings is 3. The molecule has 1 aliphatic rings. The van der Waals surface area contributed by atoms with Crippen molar-refractivity contribution in [2.75, 3.05) is 50.4 Å². The summed E-state index contributed by atoms with van der Waals surface area (Å²) in [5.74, 6) is -0.263. The van der Waals surface area contributed by atoms with Gasteiger partial charge in [0.25, 0.3) is 5.91 Å². The van der Waals surface area contributed by atoms with Crippen LogP contribution >= 0.6 is 0 Å². The van der Waals surface area contributed by atoms with Crippen molar-refractivity contribution >= 4 is 29.3 Å². The number of hydrogen-bond acceptors (Lipinski definition) is 6. The Morgan fingerprint density at radius 2 is 1.56 bits per heavy atom. The molecule has 1 fully saturated rings. The van der Waals surface area contributed by atoms with E-state index < -0.39 is 6.09 Å². The molecule has 0 saturated carbocycles. The highest BCUT2D eigenvalue weighted by molar-refractivity contribution is 5.99. The number of likely N-dealkylation sites (tertiary alicyclic amines) is 1. The van der Waals surface area contributed by atoms with Gasteiger partial charge < -0.3 is 25.6 Å². The first kappa shape index (κ1) is 29.8. The summed E-state index contributed by atoms with van der Waals surface area (Å²) in [6, 6.07) is 23.0. The van der Waals surface area contributed by atoms with E-state index in [0.717, 1.165) is 42.6 Å². The SMILES string of the molecule is CNCCC(=O)Nc1cccc(C(=O)NCCN2CCC(OC(=O)Nc3ccccc3-c3ccccc3)CC2)c1C. The minimum atomic E-state index is -0.449. The fourth-order valence-electron chi connectivity index (χ4n) is 4.89. The Hall–Kier alpha value is -4.21. The number of nitrogens with zero attached hydrogens (tertiary/aromatic N) is 1. The van der Waals surface area contributed by atoms with Gasteiger partial charge in [0.15, 0.2) is 0 Å². The van der Waals surface area contributed by atoms with E-state index in [2.05, 4.69) is 26.2 Å². The zero-order chi connectivity index (χ0) is 29.0. The molecule has 0 bridgehead atoms. The van der Waals surface area contributed by atoms with Crippen LogP contribution in [0, 0.1) is 6.92 Å². The van der Waals surface area contributed by atoms with Crippen molar-refractivity contribution in [3.05, 3.63) is 83.9 Å². The summed E-state index contributed by atoms with van der Waals surface area (Å²) in [6.07, 6.45) is 1.22. The summed E-state index contributed by atoms with van der Waals surface area (Å²) >= 11 is 0. The summed E-state index contributed by atoms with van der Waals surface area (Å²) < 4.78 is 5.73. The van der Waals surface area contributed by atoms with Gasteiger partial charge in [-0.3, -0.25) is 14.9 Å². The first-order valence-electron chi connectivity index (χ1n) is 14.1. The molecule has 0 atom stereocenters. The van der Waals surface area contributed by atoms with Crippen LogP contribution in [-0.4, -0.2) is 68.7 Å². The summed E-state index contributed by atoms with van der Waals surface area (Å²) in [7, 11) is 1.80. The highest BCUT2D eigenvalue weighted by Gasteiger charge is 2.23. The number of carbonyl (C=O) groups excluding carboxylic acids is 3. The average Bonchev–Trinajstić information content (AvgIpc) is 2.98. The molecule has 1 aliphatic heterocycles. The second-order valence-electron chi connectivity index (χ2n) is 10.1. The monoisotopic (exact) mass is 557 g/mol. The minimum absolute atomic E-state index is 0.0955. The van der Waals surface area contributed by atoms with Crippen molar-refractivity contribution < 1.29 is 19.1 Å². The first-order chi connectivity index (χ1) is 19.9. The molecular weight excluding hydrogens is 518 g/mol. The smallest absolute Gasteiger partial charge is 0.411 e. The van der Waals surface area contributed by atoms with Gasteiger partial charge in [-0.2, -0.15) is 0 Å². The van der Waals surface area contributed by atoms with Crippen molar-refractivity contribution in [2.24, 2.45) is 0 Å². The number of amides is 3. The van der Waals surface area contributed by atoms with Gasteiger partial charge in [0.05, 0.1) is 5.69 Å². The Morgan fingerprint density at radius 1 is 0.854 bits per heavy atom. The van der Waals surface area contributed by atoms with Crippen LogP contribution in [0.3, 0.4) is 0 Å². The lowest BCUT2D eigenvalue weighted by atomic mass is 10.0. The van der Waals surface area contributed by atoms with Crippen molar-refractivity contribution in [2.45, 2.75) is 32.3 Å². The van der Waals surface area contributed by atoms with Crippen molar-refractivity contribution in [1.29, 1.82) is 0 Å². The predicted octanol–water partition coefficient (Wildman–Crippen LogP) is 4.65. The van der Waals surface area contributed by atoms with Gasteiger partial charge in [-0.05, 0) is 56.1 Å². The van der Waals surface area contributed by atoms with E-state index in [-0.39, 0.29) is 17.9 Å². The highest BCUT2D eigenvalue weighted by atomic mass is 16.6. The molecule has 0 unspecified atom stereocenters. The third kappa shape index (κ3) is 8.64. The molecule has 1 heterocycles. The summed E-state index contributed by atoms with van der Waals surface area (Å²) in [6.45, 7) is 5.19. The average molecular weight is 558 g/mol. The molecule has 1 saturated heterocycles. The number of para-hydroxylation sites is 1. The van der Waals surface area contributed by atoms with Crippen LogP contribution in [0.15, 0.2) is 72.8 Å². The molecule has 3 aromatic carbocycles. The Labute approximate surface area is 241 Å². The van der Waals surface area contributed by atoms with Gasteiger partial charge in [0.2, 0.25) is 5.91 Å². The number of ether oxygens (including phenoxy) is 1. The predicted molar refractivity (Wildman–Crippen MR) is 162 cm³/mol. The molecule has 9 nitrogen and oxygen atoms in total. The van der Waals surface area contributed by atoms with Crippen molar-refractivity contribution in [3.8, 4) is 11.1 Å². The number of piperidine rings is 1. The normalized spacial score (nSPS) is 13.8. The fourth-order valence-corrected chi connectivity index (χ4v) is 4.89. The molecule has 4 rings (SSSR count). The second kappa shape index (κ2) is 15.0. The summed E-state index contributed by atoms with van der Waals surface area (Å²) in [5.41, 5.74) is 4.62. The van der Waals surface area contributed by atoms with Crippen molar-refractivity contribution in [3.63, 3.8) is 0 Å². The van der Waals surface area contributed by atoms with Crippen LogP contribution in [0.4, 0.5) is 16.2 Å². The van der Waals surface area contributed by atoms with E-state index in [0.29, 0.717) is 43.0 Å². The number of anilines is 2. The molecule has 3 aromatic rings. The standard InChI is InChI=1S/C32H39N5O4/c1-23-26(12-8-14-28(23)35-30(38)15-18-33-2)31(39)34-19-22-37-20-16-25(17-21-37)41-32(40)36-29-13-7-6-11-27(29)24-9-4-3-5-10-24/h3-14,25,33H,15-22H2,1-2H3,(H,34,39)(H,35,38)(H,36,40). The van der Waals surface area contributed by atoms with E-state index in [9.17, 15) is 14.4 Å². The van der Waals surface area contributed by atoms with Crippen LogP contribution < -0.4 is 21.3 Å². The third-order valence-electron chi connectivity index (χ3n) is 7.23. The molecule has 0 radical (unpaired) electrons. The fraction of sp³-hybridized carbons (Fsp3) is 0.344. The largest absolute Gasteiger partial charge is 0.446 e. The Morgan fingerprint density at radius 3 is 2.32 bits per heavy atom. The number of carbonyl (C=O) groups is 3. The molecule has 9 heteroatoms. The molecule has 0 spiro atoms. The maximum atomic E-state index is 12.8. The molecule has 4 N–H and O–H groups in total. The van der Waals surface area contributed by atoms with Gasteiger partial charge in [-0.1, -0.05) is 54.6 Å². The van der Waals surface area contributed by atoms with E-state index in [1.54, 1.807) is 25.2 Å². The highest BCUT2D eigenvalue weighted by Crippen LogP contribution is 2.28. The van der Waals surface area contributed by atoms with E-state index in [4.69, 9.17) is 4.74 Å². The quantitative estimate of drug-likeness (QED) is 0.273. The van der Waals surface area contributed by atoms with Crippen LogP contribution in [0.1, 0.15) is 35.2 Å². The molecule has 3 amide bonds. The lowest BCUT2D eigenvalue weighted by Crippen LogP contribution is -2.42. The second-order valence-corrected chi connectivity index (χ2v) is 10.1. The Kier molecular flexibility index (Phi) is 10.9. The van der Waals surface area contributed by atoms with E-state index in [1.165, 1.54) is 0 Å². The lowest BCUT2D eigenvalue weighted by molar-refractivity contribution is -0.116. The maximum Gasteiger partial charge on any atom is 0.411 e. The van der Waals surface area contributed by atoms with Crippen LogP contribution in [0.2, 0.25) is 0 Å². The van der Waals surface area contributed by atoms with E-state index in [1.807, 2.05) is 61.5 Å². The Bertz CT molecular complexity index is 1320. The molecule has 0 aliphatic carbocycles. The first-order valence-corrected chi connectivity index (χ1v) is 14.1. The van der Waals surface area contributed by atoms with Gasteiger partial charge in [-0.15, -0.1) is 0 Å². The van der Waals surface area contributed by atoms with Crippen LogP contribution in [0.25, 0.3) is 11.1 Å². The topological polar surface area (TPSA) is 112 Å². The lowest BCUT2D eigenvalue weighted by Gasteiger charge is -2.31. The third-order valence-corrected chi connectivity index (χ3v) is 7.23. The number of nitrogens with one attached hydrogen (secondary N) is 4. The van der Waals surface area contributed by atoms with Gasteiger partial charge in [0, 0.05) is 56.0 Å². The number of rotatable bonds is 11.